The van der Waals surface area contributed by atoms with Crippen molar-refractivity contribution < 1.29 is 28.2 Å². The van der Waals surface area contributed by atoms with Crippen LogP contribution in [0.1, 0.15) is 74.9 Å². The lowest BCUT2D eigenvalue weighted by molar-refractivity contribution is -0.155. The Morgan fingerprint density at radius 1 is 1.12 bits per heavy atom. The predicted octanol–water partition coefficient (Wildman–Crippen LogP) is 6.64. The van der Waals surface area contributed by atoms with E-state index in [2.05, 4.69) is 4.98 Å². The van der Waals surface area contributed by atoms with E-state index in [1.165, 1.54) is 19.1 Å². The van der Waals surface area contributed by atoms with Crippen LogP contribution in [0, 0.1) is 11.3 Å². The molecule has 0 spiro atoms. The molecular formula is C31H33F3N4O3. The van der Waals surface area contributed by atoms with E-state index < -0.39 is 28.7 Å². The van der Waals surface area contributed by atoms with Gasteiger partial charge in [0.1, 0.15) is 28.5 Å². The number of hydrogen-bond donors (Lipinski definition) is 3. The second-order valence-corrected chi connectivity index (χ2v) is 11.5. The minimum absolute atomic E-state index is 0.0441. The summed E-state index contributed by atoms with van der Waals surface area (Å²) in [5.41, 5.74) is 5.32. The van der Waals surface area contributed by atoms with Crippen LogP contribution in [0.4, 0.5) is 19.0 Å². The number of benzene rings is 2. The van der Waals surface area contributed by atoms with Gasteiger partial charge in [0, 0.05) is 23.9 Å². The number of hydrogen-bond acceptors (Lipinski definition) is 5. The van der Waals surface area contributed by atoms with Crippen molar-refractivity contribution in [1.29, 1.82) is 0 Å². The first kappa shape index (κ1) is 28.6. The number of aliphatic hydroxyl groups is 1. The Morgan fingerprint density at radius 2 is 1.80 bits per heavy atom. The molecule has 0 bridgehead atoms. The highest BCUT2D eigenvalue weighted by molar-refractivity contribution is 5.85. The van der Waals surface area contributed by atoms with Gasteiger partial charge in [-0.1, -0.05) is 56.7 Å². The van der Waals surface area contributed by atoms with Gasteiger partial charge in [0.15, 0.2) is 0 Å². The summed E-state index contributed by atoms with van der Waals surface area (Å²) in [6.45, 7) is 5.35. The number of nitrogen functional groups attached to an aromatic ring is 1. The van der Waals surface area contributed by atoms with Crippen LogP contribution in [0.3, 0.4) is 0 Å². The predicted molar refractivity (Wildman–Crippen MR) is 149 cm³/mol. The molecule has 5 rings (SSSR count). The van der Waals surface area contributed by atoms with Gasteiger partial charge in [0.05, 0.1) is 11.0 Å². The number of halogens is 3. The second-order valence-electron chi connectivity index (χ2n) is 11.5. The molecule has 41 heavy (non-hydrogen) atoms. The normalized spacial score (nSPS) is 21.2. The number of alkyl halides is 3. The first-order valence-corrected chi connectivity index (χ1v) is 13.6. The van der Waals surface area contributed by atoms with Crippen LogP contribution in [0.2, 0.25) is 0 Å². The van der Waals surface area contributed by atoms with Gasteiger partial charge in [-0.05, 0) is 55.4 Å². The fourth-order valence-corrected chi connectivity index (χ4v) is 6.19. The maximum absolute atomic E-state index is 13.3. The number of nitrogens with zero attached hydrogens (tertiary/aromatic N) is 3. The number of anilines is 1. The van der Waals surface area contributed by atoms with Crippen LogP contribution in [0.25, 0.3) is 16.8 Å². The number of carboxylic acid groups (broad SMARTS) is 1. The molecule has 4 N–H and O–H groups in total. The van der Waals surface area contributed by atoms with Crippen LogP contribution in [-0.4, -0.2) is 30.6 Å². The first-order valence-electron chi connectivity index (χ1n) is 13.6. The van der Waals surface area contributed by atoms with E-state index in [4.69, 9.17) is 10.7 Å². The highest BCUT2D eigenvalue weighted by atomic mass is 19.4. The average Bonchev–Trinajstić information content (AvgIpc) is 3.33. The molecular weight excluding hydrogens is 533 g/mol. The van der Waals surface area contributed by atoms with Crippen molar-refractivity contribution in [2.45, 2.75) is 64.1 Å². The van der Waals surface area contributed by atoms with Crippen molar-refractivity contribution in [3.63, 3.8) is 0 Å². The highest BCUT2D eigenvalue weighted by Gasteiger charge is 2.46. The van der Waals surface area contributed by atoms with Crippen LogP contribution >= 0.6 is 0 Å². The summed E-state index contributed by atoms with van der Waals surface area (Å²) in [7, 11) is 0. The van der Waals surface area contributed by atoms with E-state index in [0.29, 0.717) is 35.2 Å². The average molecular weight is 567 g/mol. The van der Waals surface area contributed by atoms with E-state index in [1.54, 1.807) is 36.7 Å². The number of aromatic nitrogens is 3. The minimum atomic E-state index is -4.53. The SMILES string of the molecule is CC(C)[C@@]1(C(=O)O)CCC[C@H](c2nc(-c3ccc(C(C)(O)c4cccc(C(F)(F)F)c4)cc3)c3c(N)nccn23)C1. The van der Waals surface area contributed by atoms with Gasteiger partial charge in [0.25, 0.3) is 0 Å². The molecule has 7 nitrogen and oxygen atoms in total. The standard InChI is InChI=1S/C31H33F3N4O3/c1-18(2)30(28(39)40)13-5-6-20(17-30)27-37-24(25-26(35)36-14-15-38(25)27)19-9-11-21(12-10-19)29(3,41)22-7-4-8-23(16-22)31(32,33)34/h4,7-12,14-16,18,20,41H,5-6,13,17H2,1-3H3,(H2,35,36)(H,39,40)/t20-,29?,30+/m0/s1. The summed E-state index contributed by atoms with van der Waals surface area (Å²) in [5.74, 6) is 0.0482. The molecule has 10 heteroatoms. The number of nitrogens with two attached hydrogens (primary N) is 1. The summed E-state index contributed by atoms with van der Waals surface area (Å²) in [6, 6.07) is 11.5. The lowest BCUT2D eigenvalue weighted by Gasteiger charge is -2.40. The van der Waals surface area contributed by atoms with Gasteiger partial charge in [0.2, 0.25) is 0 Å². The van der Waals surface area contributed by atoms with Gasteiger partial charge in [-0.25, -0.2) is 9.97 Å². The Balaban J connectivity index is 1.54. The van der Waals surface area contributed by atoms with Crippen LogP contribution < -0.4 is 5.73 Å². The molecule has 0 radical (unpaired) electrons. The van der Waals surface area contributed by atoms with Gasteiger partial charge >= 0.3 is 12.1 Å². The van der Waals surface area contributed by atoms with E-state index in [-0.39, 0.29) is 23.2 Å². The maximum atomic E-state index is 13.3. The van der Waals surface area contributed by atoms with Crippen LogP contribution in [0.5, 0.6) is 0 Å². The highest BCUT2D eigenvalue weighted by Crippen LogP contribution is 2.49. The van der Waals surface area contributed by atoms with Crippen LogP contribution in [0.15, 0.2) is 60.9 Å². The lowest BCUT2D eigenvalue weighted by atomic mass is 9.63. The molecule has 2 aromatic heterocycles. The van der Waals surface area contributed by atoms with Gasteiger partial charge < -0.3 is 15.9 Å². The molecule has 1 aliphatic carbocycles. The number of imidazole rings is 1. The van der Waals surface area contributed by atoms with E-state index >= 15 is 0 Å². The van der Waals surface area contributed by atoms with Crippen molar-refractivity contribution in [3.8, 4) is 11.3 Å². The zero-order valence-corrected chi connectivity index (χ0v) is 23.1. The van der Waals surface area contributed by atoms with Crippen molar-refractivity contribution in [3.05, 3.63) is 83.4 Å². The van der Waals surface area contributed by atoms with Crippen molar-refractivity contribution in [2.24, 2.45) is 11.3 Å². The molecule has 0 saturated heterocycles. The van der Waals surface area contributed by atoms with Gasteiger partial charge in [-0.3, -0.25) is 9.20 Å². The molecule has 4 aromatic rings. The third-order valence-corrected chi connectivity index (χ3v) is 8.77. The topological polar surface area (TPSA) is 114 Å². The van der Waals surface area contributed by atoms with Crippen molar-refractivity contribution in [2.75, 3.05) is 5.73 Å². The Morgan fingerprint density at radius 3 is 2.44 bits per heavy atom. The van der Waals surface area contributed by atoms with Gasteiger partial charge in [-0.2, -0.15) is 13.2 Å². The maximum Gasteiger partial charge on any atom is 0.416 e. The minimum Gasteiger partial charge on any atom is -0.481 e. The van der Waals surface area contributed by atoms with E-state index in [0.717, 1.165) is 30.8 Å². The number of carbonyl (C=O) groups is 1. The molecule has 1 saturated carbocycles. The van der Waals surface area contributed by atoms with Crippen molar-refractivity contribution in [1.82, 2.24) is 14.4 Å². The molecule has 1 fully saturated rings. The summed E-state index contributed by atoms with van der Waals surface area (Å²) >= 11 is 0. The molecule has 216 valence electrons. The molecule has 0 amide bonds. The third-order valence-electron chi connectivity index (χ3n) is 8.77. The summed E-state index contributed by atoms with van der Waals surface area (Å²) in [6.07, 6.45) is 1.46. The summed E-state index contributed by atoms with van der Waals surface area (Å²) in [4.78, 5) is 21.6. The molecule has 1 unspecified atom stereocenters. The fraction of sp³-hybridized carbons (Fsp3) is 0.387. The largest absolute Gasteiger partial charge is 0.481 e. The molecule has 0 aliphatic heterocycles. The van der Waals surface area contributed by atoms with Crippen molar-refractivity contribution >= 4 is 17.3 Å². The summed E-state index contributed by atoms with van der Waals surface area (Å²) < 4.78 is 41.7. The number of aliphatic carboxylic acids is 1. The van der Waals surface area contributed by atoms with E-state index in [9.17, 15) is 28.2 Å². The Labute approximate surface area is 235 Å². The Hall–Kier alpha value is -3.92. The Kier molecular flexibility index (Phi) is 7.09. The number of rotatable bonds is 6. The zero-order chi connectivity index (χ0) is 29.7. The smallest absolute Gasteiger partial charge is 0.416 e. The molecule has 2 heterocycles. The van der Waals surface area contributed by atoms with Crippen LogP contribution in [-0.2, 0) is 16.6 Å². The molecule has 2 aromatic carbocycles. The second kappa shape index (κ2) is 10.2. The summed E-state index contributed by atoms with van der Waals surface area (Å²) in [5, 5.41) is 21.4. The fourth-order valence-electron chi connectivity index (χ4n) is 6.19. The third kappa shape index (κ3) is 4.94. The quantitative estimate of drug-likeness (QED) is 0.241. The lowest BCUT2D eigenvalue weighted by Crippen LogP contribution is -2.40. The van der Waals surface area contributed by atoms with E-state index in [1.807, 2.05) is 18.2 Å². The van der Waals surface area contributed by atoms with Gasteiger partial charge in [-0.15, -0.1) is 0 Å². The number of carboxylic acids is 1. The monoisotopic (exact) mass is 566 g/mol. The first-order chi connectivity index (χ1) is 19.3. The Bertz CT molecular complexity index is 1590. The number of fused-ring (bicyclic) bond motifs is 1. The zero-order valence-electron chi connectivity index (χ0n) is 23.1. The molecule has 3 atom stereocenters. The molecule has 1 aliphatic rings.